The van der Waals surface area contributed by atoms with E-state index in [0.717, 1.165) is 23.5 Å². The van der Waals surface area contributed by atoms with Gasteiger partial charge >= 0.3 is 0 Å². The molecule has 3 aromatic rings. The molecule has 160 valence electrons. The number of nitrogens with zero attached hydrogens (tertiary/aromatic N) is 3. The van der Waals surface area contributed by atoms with Crippen LogP contribution in [0.4, 0.5) is 11.6 Å². The molecule has 0 bridgehead atoms. The van der Waals surface area contributed by atoms with Gasteiger partial charge in [0.1, 0.15) is 0 Å². The fourth-order valence-electron chi connectivity index (χ4n) is 2.79. The molecule has 0 unspecified atom stereocenters. The maximum absolute atomic E-state index is 11.4. The van der Waals surface area contributed by atoms with Gasteiger partial charge in [0.25, 0.3) is 0 Å². The second-order valence-corrected chi connectivity index (χ2v) is 8.31. The number of hydrogen-bond donors (Lipinski definition) is 3. The molecule has 7 nitrogen and oxygen atoms in total. The van der Waals surface area contributed by atoms with Gasteiger partial charge in [-0.3, -0.25) is 15.1 Å². The number of anilines is 2. The average Bonchev–Trinajstić information content (AvgIpc) is 3.21. The molecule has 0 atom stereocenters. The first-order valence-corrected chi connectivity index (χ1v) is 11.0. The molecule has 1 aromatic carbocycles. The molecular weight excluding hydrogens is 428 g/mol. The van der Waals surface area contributed by atoms with E-state index in [1.54, 1.807) is 35.6 Å². The zero-order chi connectivity index (χ0) is 22.2. The van der Waals surface area contributed by atoms with Crippen molar-refractivity contribution in [1.29, 1.82) is 0 Å². The SMILES string of the molecule is CC(=O)c1ccc(NC(=S)NC(=NCCc2cccs2)Nc2nc(C)cc(C)n2)cc1. The number of aromatic nitrogens is 2. The smallest absolute Gasteiger partial charge is 0.229 e. The van der Waals surface area contributed by atoms with Crippen LogP contribution in [0, 0.1) is 13.8 Å². The number of rotatable bonds is 6. The Morgan fingerprint density at radius 3 is 2.42 bits per heavy atom. The molecule has 0 spiro atoms. The summed E-state index contributed by atoms with van der Waals surface area (Å²) in [5.41, 5.74) is 3.13. The largest absolute Gasteiger partial charge is 0.332 e. The first kappa shape index (κ1) is 22.5. The van der Waals surface area contributed by atoms with E-state index < -0.39 is 0 Å². The Labute approximate surface area is 191 Å². The van der Waals surface area contributed by atoms with Crippen LogP contribution in [-0.4, -0.2) is 33.4 Å². The van der Waals surface area contributed by atoms with E-state index in [9.17, 15) is 4.79 Å². The highest BCUT2D eigenvalue weighted by Crippen LogP contribution is 2.11. The fraction of sp³-hybridized carbons (Fsp3) is 0.227. The van der Waals surface area contributed by atoms with Crippen LogP contribution in [0.2, 0.25) is 0 Å². The van der Waals surface area contributed by atoms with Crippen molar-refractivity contribution in [3.8, 4) is 0 Å². The minimum atomic E-state index is 0.0186. The summed E-state index contributed by atoms with van der Waals surface area (Å²) in [6, 6.07) is 13.1. The maximum atomic E-state index is 11.4. The van der Waals surface area contributed by atoms with Gasteiger partial charge in [0.05, 0.1) is 0 Å². The zero-order valence-electron chi connectivity index (χ0n) is 17.6. The Balaban J connectivity index is 1.69. The van der Waals surface area contributed by atoms with Crippen LogP contribution in [0.3, 0.4) is 0 Å². The van der Waals surface area contributed by atoms with E-state index in [1.807, 2.05) is 26.0 Å². The lowest BCUT2D eigenvalue weighted by atomic mass is 10.1. The average molecular weight is 453 g/mol. The van der Waals surface area contributed by atoms with E-state index in [1.165, 1.54) is 11.8 Å². The van der Waals surface area contributed by atoms with Gasteiger partial charge in [0.2, 0.25) is 11.9 Å². The van der Waals surface area contributed by atoms with Crippen molar-refractivity contribution in [2.24, 2.45) is 4.99 Å². The van der Waals surface area contributed by atoms with Gasteiger partial charge in [0.15, 0.2) is 10.9 Å². The molecule has 3 N–H and O–H groups in total. The Morgan fingerprint density at radius 1 is 1.10 bits per heavy atom. The number of benzene rings is 1. The monoisotopic (exact) mass is 452 g/mol. The topological polar surface area (TPSA) is 91.3 Å². The highest BCUT2D eigenvalue weighted by atomic mass is 32.1. The number of carbonyl (C=O) groups is 1. The number of ketones is 1. The molecule has 31 heavy (non-hydrogen) atoms. The lowest BCUT2D eigenvalue weighted by Gasteiger charge is -2.14. The summed E-state index contributed by atoms with van der Waals surface area (Å²) < 4.78 is 0. The lowest BCUT2D eigenvalue weighted by molar-refractivity contribution is 0.101. The number of hydrogen-bond acceptors (Lipinski definition) is 6. The van der Waals surface area contributed by atoms with Gasteiger partial charge in [-0.1, -0.05) is 6.07 Å². The number of aryl methyl sites for hydroxylation is 2. The van der Waals surface area contributed by atoms with Crippen molar-refractivity contribution < 1.29 is 4.79 Å². The molecular formula is C22H24N6OS2. The first-order chi connectivity index (χ1) is 14.9. The van der Waals surface area contributed by atoms with Crippen molar-refractivity contribution >= 4 is 52.0 Å². The van der Waals surface area contributed by atoms with Gasteiger partial charge in [-0.2, -0.15) is 0 Å². The number of guanidine groups is 1. The van der Waals surface area contributed by atoms with E-state index >= 15 is 0 Å². The summed E-state index contributed by atoms with van der Waals surface area (Å²) in [7, 11) is 0. The summed E-state index contributed by atoms with van der Waals surface area (Å²) in [6.45, 7) is 5.94. The summed E-state index contributed by atoms with van der Waals surface area (Å²) in [5.74, 6) is 0.929. The number of Topliss-reactive ketones (excluding diaryl/α,β-unsaturated/α-hetero) is 1. The third kappa shape index (κ3) is 7.23. The van der Waals surface area contributed by atoms with Gasteiger partial charge in [-0.15, -0.1) is 11.3 Å². The number of nitrogens with one attached hydrogen (secondary N) is 3. The lowest BCUT2D eigenvalue weighted by Crippen LogP contribution is -2.39. The van der Waals surface area contributed by atoms with Crippen LogP contribution < -0.4 is 16.0 Å². The van der Waals surface area contributed by atoms with Gasteiger partial charge in [-0.25, -0.2) is 9.97 Å². The normalized spacial score (nSPS) is 11.1. The van der Waals surface area contributed by atoms with Gasteiger partial charge in [-0.05, 0) is 74.8 Å². The predicted molar refractivity (Wildman–Crippen MR) is 131 cm³/mol. The zero-order valence-corrected chi connectivity index (χ0v) is 19.2. The van der Waals surface area contributed by atoms with E-state index in [-0.39, 0.29) is 5.78 Å². The quantitative estimate of drug-likeness (QED) is 0.222. The third-order valence-corrected chi connectivity index (χ3v) is 5.34. The minimum Gasteiger partial charge on any atom is -0.332 e. The van der Waals surface area contributed by atoms with Crippen molar-refractivity contribution in [2.45, 2.75) is 27.2 Å². The molecule has 2 heterocycles. The van der Waals surface area contributed by atoms with Crippen molar-refractivity contribution in [3.63, 3.8) is 0 Å². The molecule has 3 rings (SSSR count). The van der Waals surface area contributed by atoms with Crippen LogP contribution >= 0.6 is 23.6 Å². The molecule has 0 amide bonds. The highest BCUT2D eigenvalue weighted by Gasteiger charge is 2.08. The van der Waals surface area contributed by atoms with Crippen LogP contribution in [0.25, 0.3) is 0 Å². The second kappa shape index (κ2) is 10.7. The first-order valence-electron chi connectivity index (χ1n) is 9.74. The molecule has 0 fully saturated rings. The number of aliphatic imine (C=N–C) groups is 1. The molecule has 9 heteroatoms. The fourth-order valence-corrected chi connectivity index (χ4v) is 3.70. The van der Waals surface area contributed by atoms with E-state index in [2.05, 4.69) is 42.4 Å². The number of thiophene rings is 1. The summed E-state index contributed by atoms with van der Waals surface area (Å²) in [6.07, 6.45) is 0.824. The molecule has 0 aliphatic rings. The molecule has 0 saturated carbocycles. The Hall–Kier alpha value is -3.17. The van der Waals surface area contributed by atoms with E-state index in [0.29, 0.717) is 29.1 Å². The van der Waals surface area contributed by atoms with Gasteiger partial charge < -0.3 is 10.6 Å². The predicted octanol–water partition coefficient (Wildman–Crippen LogP) is 4.35. The van der Waals surface area contributed by atoms with Gasteiger partial charge in [0, 0.05) is 40.5 Å². The molecule has 0 radical (unpaired) electrons. The summed E-state index contributed by atoms with van der Waals surface area (Å²) in [4.78, 5) is 26.1. The standard InChI is InChI=1S/C22H24N6OS2/c1-14-13-15(2)25-21(24-14)27-20(23-11-10-19-5-4-12-31-19)28-22(30)26-18-8-6-17(7-9-18)16(3)29/h4-9,12-13H,10-11H2,1-3H3,(H3,23,24,25,26,27,28,30). The van der Waals surface area contributed by atoms with Crippen molar-refractivity contribution in [1.82, 2.24) is 15.3 Å². The molecule has 2 aromatic heterocycles. The van der Waals surface area contributed by atoms with Crippen molar-refractivity contribution in [3.05, 3.63) is 69.7 Å². The summed E-state index contributed by atoms with van der Waals surface area (Å²) in [5, 5.41) is 11.7. The second-order valence-electron chi connectivity index (χ2n) is 6.87. The Morgan fingerprint density at radius 2 is 1.81 bits per heavy atom. The molecule has 0 aliphatic heterocycles. The highest BCUT2D eigenvalue weighted by molar-refractivity contribution is 7.80. The van der Waals surface area contributed by atoms with Crippen LogP contribution in [0.5, 0.6) is 0 Å². The minimum absolute atomic E-state index is 0.0186. The Bertz CT molecular complexity index is 1060. The van der Waals surface area contributed by atoms with Crippen LogP contribution in [0.1, 0.15) is 33.5 Å². The molecule has 0 aliphatic carbocycles. The van der Waals surface area contributed by atoms with E-state index in [4.69, 9.17) is 12.2 Å². The maximum Gasteiger partial charge on any atom is 0.229 e. The summed E-state index contributed by atoms with van der Waals surface area (Å²) >= 11 is 7.15. The number of carbonyl (C=O) groups excluding carboxylic acids is 1. The third-order valence-electron chi connectivity index (χ3n) is 4.20. The van der Waals surface area contributed by atoms with Crippen LogP contribution in [-0.2, 0) is 6.42 Å². The van der Waals surface area contributed by atoms with Crippen LogP contribution in [0.15, 0.2) is 52.8 Å². The van der Waals surface area contributed by atoms with Crippen molar-refractivity contribution in [2.75, 3.05) is 17.2 Å². The Kier molecular flexibility index (Phi) is 7.80. The molecule has 0 saturated heterocycles. The number of thiocarbonyl (C=S) groups is 1.